The van der Waals surface area contributed by atoms with Gasteiger partial charge in [0.2, 0.25) is 0 Å². The van der Waals surface area contributed by atoms with Crippen LogP contribution in [0.25, 0.3) is 0 Å². The van der Waals surface area contributed by atoms with Crippen molar-refractivity contribution in [3.63, 3.8) is 0 Å². The molecule has 0 saturated heterocycles. The molecule has 1 heterocycles. The third kappa shape index (κ3) is 3.83. The summed E-state index contributed by atoms with van der Waals surface area (Å²) in [5.74, 6) is 2.85. The Balaban J connectivity index is 1.70. The smallest absolute Gasteiger partial charge is 0.0931 e. The summed E-state index contributed by atoms with van der Waals surface area (Å²) in [5, 5.41) is 3.82. The van der Waals surface area contributed by atoms with E-state index in [4.69, 9.17) is 11.6 Å². The molecule has 4 atom stereocenters. The second-order valence-electron chi connectivity index (χ2n) is 6.95. The Morgan fingerprint density at radius 1 is 1.19 bits per heavy atom. The van der Waals surface area contributed by atoms with Gasteiger partial charge in [0.15, 0.2) is 0 Å². The monoisotopic (exact) mass is 325 g/mol. The van der Waals surface area contributed by atoms with Gasteiger partial charge in [0, 0.05) is 10.9 Å². The minimum Gasteiger partial charge on any atom is -0.309 e. The fourth-order valence-electron chi connectivity index (χ4n) is 4.51. The van der Waals surface area contributed by atoms with Crippen molar-refractivity contribution < 1.29 is 0 Å². The maximum absolute atomic E-state index is 6.18. The number of fused-ring (bicyclic) bond motifs is 1. The Labute approximate surface area is 138 Å². The second-order valence-corrected chi connectivity index (χ2v) is 8.70. The van der Waals surface area contributed by atoms with Crippen LogP contribution in [0, 0.1) is 17.8 Å². The first-order chi connectivity index (χ1) is 10.3. The van der Waals surface area contributed by atoms with Gasteiger partial charge in [0.1, 0.15) is 0 Å². The summed E-state index contributed by atoms with van der Waals surface area (Å²) in [5.41, 5.74) is 0. The van der Waals surface area contributed by atoms with E-state index in [0.29, 0.717) is 6.04 Å². The molecule has 1 nitrogen and oxygen atoms in total. The maximum Gasteiger partial charge on any atom is 0.0931 e. The van der Waals surface area contributed by atoms with Crippen molar-refractivity contribution in [2.24, 2.45) is 17.8 Å². The van der Waals surface area contributed by atoms with Crippen LogP contribution in [0.2, 0.25) is 4.34 Å². The van der Waals surface area contributed by atoms with Crippen molar-refractivity contribution in [3.05, 3.63) is 21.3 Å². The van der Waals surface area contributed by atoms with Gasteiger partial charge in [-0.1, -0.05) is 44.2 Å². The molecule has 1 N–H and O–H groups in total. The third-order valence-electron chi connectivity index (χ3n) is 5.57. The first-order valence-corrected chi connectivity index (χ1v) is 9.96. The molecule has 21 heavy (non-hydrogen) atoms. The molecule has 0 radical (unpaired) electrons. The van der Waals surface area contributed by atoms with Crippen LogP contribution < -0.4 is 5.32 Å². The number of rotatable bonds is 5. The van der Waals surface area contributed by atoms with E-state index in [0.717, 1.165) is 28.6 Å². The number of nitrogens with one attached hydrogen (secondary N) is 1. The van der Waals surface area contributed by atoms with Crippen molar-refractivity contribution in [1.82, 2.24) is 5.32 Å². The molecule has 2 fully saturated rings. The van der Waals surface area contributed by atoms with Crippen LogP contribution in [0.1, 0.15) is 69.2 Å². The molecule has 2 saturated carbocycles. The van der Waals surface area contributed by atoms with Gasteiger partial charge in [-0.15, -0.1) is 11.3 Å². The van der Waals surface area contributed by atoms with Gasteiger partial charge in [-0.05, 0) is 62.1 Å². The number of halogens is 1. The van der Waals surface area contributed by atoms with E-state index >= 15 is 0 Å². The van der Waals surface area contributed by atoms with Crippen LogP contribution in [-0.2, 0) is 0 Å². The van der Waals surface area contributed by atoms with Gasteiger partial charge < -0.3 is 5.32 Å². The first-order valence-electron chi connectivity index (χ1n) is 8.76. The zero-order valence-electron chi connectivity index (χ0n) is 13.1. The highest BCUT2D eigenvalue weighted by atomic mass is 35.5. The standard InChI is InChI=1S/C18H28ClNS/c1-2-11-20-18(16-9-10-17(19)21-16)15-8-7-13-5-3-4-6-14(13)12-15/h9-10,13-15,18,20H,2-8,11-12H2,1H3. The van der Waals surface area contributed by atoms with Crippen molar-refractivity contribution in [2.45, 2.75) is 64.3 Å². The molecule has 118 valence electrons. The molecule has 0 bridgehead atoms. The average Bonchev–Trinajstić information content (AvgIpc) is 2.94. The summed E-state index contributed by atoms with van der Waals surface area (Å²) < 4.78 is 0.930. The minimum absolute atomic E-state index is 0.533. The molecular formula is C18H28ClNS. The van der Waals surface area contributed by atoms with Crippen molar-refractivity contribution in [3.8, 4) is 0 Å². The lowest BCUT2D eigenvalue weighted by Crippen LogP contribution is -2.35. The van der Waals surface area contributed by atoms with E-state index in [-0.39, 0.29) is 0 Å². The number of hydrogen-bond acceptors (Lipinski definition) is 2. The largest absolute Gasteiger partial charge is 0.309 e. The lowest BCUT2D eigenvalue weighted by atomic mass is 9.66. The van der Waals surface area contributed by atoms with Gasteiger partial charge in [-0.2, -0.15) is 0 Å². The van der Waals surface area contributed by atoms with Crippen LogP contribution in [0.15, 0.2) is 12.1 Å². The topological polar surface area (TPSA) is 12.0 Å². The number of thiophene rings is 1. The summed E-state index contributed by atoms with van der Waals surface area (Å²) in [6.07, 6.45) is 11.4. The maximum atomic E-state index is 6.18. The Hall–Kier alpha value is -0.0500. The van der Waals surface area contributed by atoms with E-state index in [1.54, 1.807) is 11.3 Å². The van der Waals surface area contributed by atoms with Gasteiger partial charge in [0.05, 0.1) is 4.34 Å². The number of hydrogen-bond donors (Lipinski definition) is 1. The molecule has 3 heteroatoms. The summed E-state index contributed by atoms with van der Waals surface area (Å²) in [4.78, 5) is 1.45. The van der Waals surface area contributed by atoms with Gasteiger partial charge in [-0.25, -0.2) is 0 Å². The van der Waals surface area contributed by atoms with E-state index < -0.39 is 0 Å². The first kappa shape index (κ1) is 15.8. The Kier molecular flexibility index (Phi) is 5.64. The predicted octanol–water partition coefficient (Wildman–Crippen LogP) is 6.05. The SMILES string of the molecule is CCCNC(c1ccc(Cl)s1)C1CCC2CCCCC2C1. The highest BCUT2D eigenvalue weighted by molar-refractivity contribution is 7.16. The summed E-state index contributed by atoms with van der Waals surface area (Å²) >= 11 is 7.95. The summed E-state index contributed by atoms with van der Waals surface area (Å²) in [7, 11) is 0. The quantitative estimate of drug-likeness (QED) is 0.695. The van der Waals surface area contributed by atoms with Crippen LogP contribution in [-0.4, -0.2) is 6.54 Å². The lowest BCUT2D eigenvalue weighted by Gasteiger charge is -2.42. The lowest BCUT2D eigenvalue weighted by molar-refractivity contribution is 0.110. The normalized spacial score (nSPS) is 30.9. The van der Waals surface area contributed by atoms with Gasteiger partial charge in [0.25, 0.3) is 0 Å². The van der Waals surface area contributed by atoms with E-state index in [2.05, 4.69) is 24.4 Å². The molecule has 1 aromatic heterocycles. The highest BCUT2D eigenvalue weighted by Crippen LogP contribution is 2.47. The summed E-state index contributed by atoms with van der Waals surface area (Å²) in [6.45, 7) is 3.37. The molecule has 0 aromatic carbocycles. The minimum atomic E-state index is 0.533. The van der Waals surface area contributed by atoms with E-state index in [1.165, 1.54) is 56.2 Å². The summed E-state index contributed by atoms with van der Waals surface area (Å²) in [6, 6.07) is 4.84. The second kappa shape index (κ2) is 7.48. The van der Waals surface area contributed by atoms with Crippen LogP contribution in [0.3, 0.4) is 0 Å². The predicted molar refractivity (Wildman–Crippen MR) is 93.2 cm³/mol. The zero-order valence-corrected chi connectivity index (χ0v) is 14.7. The van der Waals surface area contributed by atoms with Crippen LogP contribution >= 0.6 is 22.9 Å². The molecule has 2 aliphatic rings. The zero-order chi connectivity index (χ0) is 14.7. The fraction of sp³-hybridized carbons (Fsp3) is 0.778. The van der Waals surface area contributed by atoms with Gasteiger partial charge in [-0.3, -0.25) is 0 Å². The molecule has 2 aliphatic carbocycles. The molecule has 3 rings (SSSR count). The van der Waals surface area contributed by atoms with Crippen molar-refractivity contribution in [1.29, 1.82) is 0 Å². The average molecular weight is 326 g/mol. The van der Waals surface area contributed by atoms with Crippen LogP contribution in [0.4, 0.5) is 0 Å². The molecule has 0 spiro atoms. The van der Waals surface area contributed by atoms with Crippen LogP contribution in [0.5, 0.6) is 0 Å². The van der Waals surface area contributed by atoms with Crippen molar-refractivity contribution in [2.75, 3.05) is 6.54 Å². The molecule has 0 aliphatic heterocycles. The fourth-order valence-corrected chi connectivity index (χ4v) is 5.74. The van der Waals surface area contributed by atoms with E-state index in [1.807, 2.05) is 0 Å². The molecule has 0 amide bonds. The molecule has 1 aromatic rings. The highest BCUT2D eigenvalue weighted by Gasteiger charge is 2.36. The molecule has 4 unspecified atom stereocenters. The molecular weight excluding hydrogens is 298 g/mol. The van der Waals surface area contributed by atoms with Crippen molar-refractivity contribution >= 4 is 22.9 Å². The Morgan fingerprint density at radius 3 is 2.71 bits per heavy atom. The Morgan fingerprint density at radius 2 is 2.00 bits per heavy atom. The van der Waals surface area contributed by atoms with Gasteiger partial charge >= 0.3 is 0 Å². The third-order valence-corrected chi connectivity index (χ3v) is 6.88. The van der Waals surface area contributed by atoms with E-state index in [9.17, 15) is 0 Å². The Bertz CT molecular complexity index is 444.